The maximum Gasteiger partial charge on any atom is 0.339 e. The number of para-hydroxylation sites is 1. The molecule has 1 heterocycles. The number of nitrogens with zero attached hydrogens (tertiary/aromatic N) is 3. The van der Waals surface area contributed by atoms with Crippen LogP contribution in [0.15, 0.2) is 59.6 Å². The summed E-state index contributed by atoms with van der Waals surface area (Å²) in [6.45, 7) is 3.74. The zero-order valence-electron chi connectivity index (χ0n) is 15.9. The Hall–Kier alpha value is -3.87. The van der Waals surface area contributed by atoms with Gasteiger partial charge < -0.3 is 4.74 Å². The van der Waals surface area contributed by atoms with Crippen molar-refractivity contribution in [3.05, 3.63) is 87.1 Å². The van der Waals surface area contributed by atoms with Crippen molar-refractivity contribution in [3.63, 3.8) is 0 Å². The van der Waals surface area contributed by atoms with Gasteiger partial charge in [0.05, 0.1) is 39.9 Å². The standard InChI is InChI=1S/C22H17N3O4/c1-3-29-22(26)17-12-19-20(23-13(17)2)16-10-9-15(25(27)28)11-18(16)21(19)24-14-7-5-4-6-8-14/h4-12H,3H2,1-2H3. The Morgan fingerprint density at radius 2 is 1.86 bits per heavy atom. The molecule has 0 radical (unpaired) electrons. The summed E-state index contributed by atoms with van der Waals surface area (Å²) >= 11 is 0. The summed E-state index contributed by atoms with van der Waals surface area (Å²) in [5.74, 6) is -0.457. The fourth-order valence-corrected chi connectivity index (χ4v) is 3.35. The summed E-state index contributed by atoms with van der Waals surface area (Å²) in [7, 11) is 0. The lowest BCUT2D eigenvalue weighted by molar-refractivity contribution is -0.384. The summed E-state index contributed by atoms with van der Waals surface area (Å²) in [6, 6.07) is 15.6. The molecule has 4 rings (SSSR count). The summed E-state index contributed by atoms with van der Waals surface area (Å²) in [5.41, 5.74) is 4.77. The fraction of sp³-hybridized carbons (Fsp3) is 0.136. The minimum Gasteiger partial charge on any atom is -0.462 e. The zero-order chi connectivity index (χ0) is 20.5. The molecular formula is C22H17N3O4. The number of aromatic nitrogens is 1. The molecule has 0 bridgehead atoms. The van der Waals surface area contributed by atoms with E-state index < -0.39 is 10.9 Å². The van der Waals surface area contributed by atoms with E-state index in [0.29, 0.717) is 39.5 Å². The van der Waals surface area contributed by atoms with Gasteiger partial charge in [0.1, 0.15) is 0 Å². The van der Waals surface area contributed by atoms with E-state index in [1.165, 1.54) is 12.1 Å². The summed E-state index contributed by atoms with van der Waals surface area (Å²) in [6.07, 6.45) is 0. The summed E-state index contributed by atoms with van der Waals surface area (Å²) in [4.78, 5) is 32.5. The van der Waals surface area contributed by atoms with Gasteiger partial charge in [0, 0.05) is 28.8 Å². The van der Waals surface area contributed by atoms with Crippen molar-refractivity contribution in [2.75, 3.05) is 6.61 Å². The van der Waals surface area contributed by atoms with Crippen molar-refractivity contribution >= 4 is 23.1 Å². The number of esters is 1. The van der Waals surface area contributed by atoms with Crippen molar-refractivity contribution in [1.29, 1.82) is 0 Å². The van der Waals surface area contributed by atoms with Crippen molar-refractivity contribution in [1.82, 2.24) is 4.98 Å². The molecule has 7 nitrogen and oxygen atoms in total. The maximum atomic E-state index is 12.4. The molecule has 0 amide bonds. The predicted octanol–water partition coefficient (Wildman–Crippen LogP) is 4.62. The van der Waals surface area contributed by atoms with E-state index >= 15 is 0 Å². The first-order chi connectivity index (χ1) is 14.0. The monoisotopic (exact) mass is 387 g/mol. The van der Waals surface area contributed by atoms with Gasteiger partial charge in [0.2, 0.25) is 0 Å². The average Bonchev–Trinajstić information content (AvgIpc) is 3.00. The molecule has 0 saturated heterocycles. The van der Waals surface area contributed by atoms with E-state index in [4.69, 9.17) is 9.73 Å². The van der Waals surface area contributed by atoms with Crippen molar-refractivity contribution in [2.45, 2.75) is 13.8 Å². The Bertz CT molecular complexity index is 1170. The second kappa shape index (κ2) is 7.27. The maximum absolute atomic E-state index is 12.4. The van der Waals surface area contributed by atoms with Crippen LogP contribution in [-0.4, -0.2) is 28.2 Å². The van der Waals surface area contributed by atoms with Gasteiger partial charge in [0.15, 0.2) is 0 Å². The van der Waals surface area contributed by atoms with E-state index in [9.17, 15) is 14.9 Å². The van der Waals surface area contributed by atoms with Gasteiger partial charge in [-0.2, -0.15) is 0 Å². The van der Waals surface area contributed by atoms with Crippen LogP contribution in [-0.2, 0) is 4.74 Å². The first kappa shape index (κ1) is 18.5. The van der Waals surface area contributed by atoms with E-state index in [2.05, 4.69) is 4.98 Å². The number of aryl methyl sites for hydroxylation is 1. The van der Waals surface area contributed by atoms with Gasteiger partial charge in [-0.1, -0.05) is 18.2 Å². The molecule has 0 unspecified atom stereocenters. The van der Waals surface area contributed by atoms with E-state index in [0.717, 1.165) is 5.56 Å². The van der Waals surface area contributed by atoms with Crippen molar-refractivity contribution < 1.29 is 14.5 Å². The van der Waals surface area contributed by atoms with Gasteiger partial charge in [-0.25, -0.2) is 9.79 Å². The average molecular weight is 387 g/mol. The van der Waals surface area contributed by atoms with Crippen LogP contribution in [0.2, 0.25) is 0 Å². The largest absolute Gasteiger partial charge is 0.462 e. The minimum absolute atomic E-state index is 0.0281. The number of benzene rings is 2. The number of fused-ring (bicyclic) bond motifs is 3. The molecule has 3 aromatic rings. The molecule has 2 aromatic carbocycles. The van der Waals surface area contributed by atoms with Crippen LogP contribution in [0.1, 0.15) is 34.1 Å². The Kier molecular flexibility index (Phi) is 4.64. The molecule has 0 atom stereocenters. The van der Waals surface area contributed by atoms with Crippen LogP contribution in [0.25, 0.3) is 11.3 Å². The molecule has 7 heteroatoms. The minimum atomic E-state index is -0.457. The van der Waals surface area contributed by atoms with Gasteiger partial charge in [-0.05, 0) is 38.1 Å². The first-order valence-corrected chi connectivity index (χ1v) is 9.11. The number of carbonyl (C=O) groups excluding carboxylic acids is 1. The smallest absolute Gasteiger partial charge is 0.339 e. The van der Waals surface area contributed by atoms with Crippen LogP contribution in [0.5, 0.6) is 0 Å². The molecule has 144 valence electrons. The third-order valence-electron chi connectivity index (χ3n) is 4.68. The highest BCUT2D eigenvalue weighted by atomic mass is 16.6. The highest BCUT2D eigenvalue weighted by Crippen LogP contribution is 2.39. The van der Waals surface area contributed by atoms with Gasteiger partial charge >= 0.3 is 5.97 Å². The third kappa shape index (κ3) is 3.27. The third-order valence-corrected chi connectivity index (χ3v) is 4.68. The zero-order valence-corrected chi connectivity index (χ0v) is 15.9. The predicted molar refractivity (Wildman–Crippen MR) is 109 cm³/mol. The Morgan fingerprint density at radius 3 is 2.55 bits per heavy atom. The molecular weight excluding hydrogens is 370 g/mol. The van der Waals surface area contributed by atoms with E-state index in [1.54, 1.807) is 26.0 Å². The normalized spacial score (nSPS) is 13.1. The molecule has 1 aromatic heterocycles. The molecule has 0 saturated carbocycles. The number of ether oxygens (including phenoxy) is 1. The number of hydrogen-bond acceptors (Lipinski definition) is 6. The molecule has 1 aliphatic rings. The number of carbonyl (C=O) groups is 1. The number of nitro groups is 1. The van der Waals surface area contributed by atoms with Crippen LogP contribution in [0.4, 0.5) is 11.4 Å². The number of pyridine rings is 1. The van der Waals surface area contributed by atoms with Crippen molar-refractivity contribution in [2.24, 2.45) is 4.99 Å². The number of non-ortho nitro benzene ring substituents is 1. The Morgan fingerprint density at radius 1 is 1.10 bits per heavy atom. The lowest BCUT2D eigenvalue weighted by Gasteiger charge is -2.08. The lowest BCUT2D eigenvalue weighted by Crippen LogP contribution is -2.10. The number of hydrogen-bond donors (Lipinski definition) is 0. The molecule has 0 N–H and O–H groups in total. The van der Waals surface area contributed by atoms with Gasteiger partial charge in [0.25, 0.3) is 5.69 Å². The Labute approximate surface area is 166 Å². The fourth-order valence-electron chi connectivity index (χ4n) is 3.35. The highest BCUT2D eigenvalue weighted by molar-refractivity contribution is 6.25. The first-order valence-electron chi connectivity index (χ1n) is 9.11. The summed E-state index contributed by atoms with van der Waals surface area (Å²) in [5, 5.41) is 11.3. The number of nitro benzene ring substituents is 1. The highest BCUT2D eigenvalue weighted by Gasteiger charge is 2.30. The Balaban J connectivity index is 1.97. The van der Waals surface area contributed by atoms with Gasteiger partial charge in [-0.3, -0.25) is 15.1 Å². The molecule has 0 spiro atoms. The molecule has 0 aliphatic heterocycles. The van der Waals surface area contributed by atoms with Crippen LogP contribution < -0.4 is 0 Å². The summed E-state index contributed by atoms with van der Waals surface area (Å²) < 4.78 is 5.14. The molecule has 1 aliphatic carbocycles. The topological polar surface area (TPSA) is 94.7 Å². The molecule has 29 heavy (non-hydrogen) atoms. The number of rotatable bonds is 4. The van der Waals surface area contributed by atoms with E-state index in [-0.39, 0.29) is 12.3 Å². The second-order valence-corrected chi connectivity index (χ2v) is 6.52. The second-order valence-electron chi connectivity index (χ2n) is 6.52. The van der Waals surface area contributed by atoms with Crippen LogP contribution >= 0.6 is 0 Å². The lowest BCUT2D eigenvalue weighted by atomic mass is 10.1. The van der Waals surface area contributed by atoms with Crippen LogP contribution in [0.3, 0.4) is 0 Å². The van der Waals surface area contributed by atoms with Crippen LogP contribution in [0, 0.1) is 17.0 Å². The quantitative estimate of drug-likeness (QED) is 0.289. The van der Waals surface area contributed by atoms with Crippen molar-refractivity contribution in [3.8, 4) is 11.3 Å². The van der Waals surface area contributed by atoms with E-state index in [1.807, 2.05) is 30.3 Å². The van der Waals surface area contributed by atoms with Gasteiger partial charge in [-0.15, -0.1) is 0 Å². The number of aliphatic imine (C=N–C) groups is 1. The molecule has 0 fully saturated rings. The SMILES string of the molecule is CCOC(=O)c1cc2c(nc1C)-c1ccc([N+](=O)[O-])cc1C2=Nc1ccccc1.